The van der Waals surface area contributed by atoms with Crippen LogP contribution in [0.4, 0.5) is 11.4 Å². The van der Waals surface area contributed by atoms with Gasteiger partial charge in [-0.3, -0.25) is 15.1 Å². The molecule has 0 radical (unpaired) electrons. The van der Waals surface area contributed by atoms with Gasteiger partial charge < -0.3 is 5.73 Å². The summed E-state index contributed by atoms with van der Waals surface area (Å²) in [7, 11) is 0. The largest absolute Gasteiger partial charge is 0.393 e. The number of allylic oxidation sites excluding steroid dienone is 1. The van der Waals surface area contributed by atoms with Crippen molar-refractivity contribution in [2.45, 2.75) is 6.42 Å². The van der Waals surface area contributed by atoms with Crippen molar-refractivity contribution in [2.24, 2.45) is 0 Å². The fourth-order valence-electron chi connectivity index (χ4n) is 1.04. The first-order valence-corrected chi connectivity index (χ1v) is 4.95. The maximum absolute atomic E-state index is 10.6. The van der Waals surface area contributed by atoms with E-state index >= 15 is 0 Å². The fraction of sp³-hybridized carbons (Fsp3) is 0.222. The molecule has 0 atom stereocenters. The Hall–Kier alpha value is -1.56. The summed E-state index contributed by atoms with van der Waals surface area (Å²) in [6.45, 7) is 0. The molecular weight excluding hydrogens is 214 g/mol. The molecule has 0 aliphatic carbocycles. The molecule has 0 spiro atoms. The van der Waals surface area contributed by atoms with Crippen LogP contribution in [0.25, 0.3) is 6.08 Å². The highest BCUT2D eigenvalue weighted by atomic mass is 32.1. The van der Waals surface area contributed by atoms with E-state index in [2.05, 4.69) is 17.6 Å². The van der Waals surface area contributed by atoms with Crippen molar-refractivity contribution in [3.8, 4) is 0 Å². The van der Waals surface area contributed by atoms with Crippen molar-refractivity contribution in [3.63, 3.8) is 0 Å². The molecule has 1 rings (SSSR count). The molecule has 0 bridgehead atoms. The molecule has 0 amide bonds. The molecule has 0 saturated carbocycles. The monoisotopic (exact) mass is 225 g/mol. The second-order valence-electron chi connectivity index (χ2n) is 2.83. The molecule has 1 heterocycles. The SMILES string of the molecule is Nc1c(C=CCCS)cncc1[N+](=O)[O-]. The molecule has 15 heavy (non-hydrogen) atoms. The zero-order valence-electron chi connectivity index (χ0n) is 7.96. The number of anilines is 1. The van der Waals surface area contributed by atoms with Crippen LogP contribution in [-0.4, -0.2) is 15.7 Å². The highest BCUT2D eigenvalue weighted by Crippen LogP contribution is 2.24. The number of pyridine rings is 1. The summed E-state index contributed by atoms with van der Waals surface area (Å²) >= 11 is 4.04. The summed E-state index contributed by atoms with van der Waals surface area (Å²) in [6.07, 6.45) is 6.99. The van der Waals surface area contributed by atoms with Crippen LogP contribution < -0.4 is 5.73 Å². The van der Waals surface area contributed by atoms with Gasteiger partial charge in [0.05, 0.1) is 4.92 Å². The number of nitrogen functional groups attached to an aromatic ring is 1. The third kappa shape index (κ3) is 2.95. The van der Waals surface area contributed by atoms with Crippen LogP contribution in [0.3, 0.4) is 0 Å². The van der Waals surface area contributed by atoms with Gasteiger partial charge in [-0.15, -0.1) is 0 Å². The lowest BCUT2D eigenvalue weighted by Gasteiger charge is -1.99. The van der Waals surface area contributed by atoms with Gasteiger partial charge in [0.15, 0.2) is 0 Å². The molecule has 6 heteroatoms. The summed E-state index contributed by atoms with van der Waals surface area (Å²) in [5, 5.41) is 10.6. The average molecular weight is 225 g/mol. The molecule has 0 fully saturated rings. The Morgan fingerprint density at radius 2 is 2.33 bits per heavy atom. The van der Waals surface area contributed by atoms with Crippen molar-refractivity contribution < 1.29 is 4.92 Å². The molecule has 0 aromatic carbocycles. The van der Waals surface area contributed by atoms with Gasteiger partial charge in [-0.05, 0) is 12.2 Å². The normalized spacial score (nSPS) is 10.7. The predicted molar refractivity (Wildman–Crippen MR) is 62.8 cm³/mol. The Kier molecular flexibility index (Phi) is 4.11. The number of rotatable bonds is 4. The number of aromatic nitrogens is 1. The quantitative estimate of drug-likeness (QED) is 0.466. The second kappa shape index (κ2) is 5.35. The Labute approximate surface area is 92.6 Å². The maximum atomic E-state index is 10.6. The summed E-state index contributed by atoms with van der Waals surface area (Å²) in [5.74, 6) is 0.721. The molecule has 0 unspecified atom stereocenters. The third-order valence-corrected chi connectivity index (χ3v) is 2.05. The van der Waals surface area contributed by atoms with Crippen LogP contribution in [0.5, 0.6) is 0 Å². The first-order chi connectivity index (χ1) is 7.16. The minimum Gasteiger partial charge on any atom is -0.393 e. The lowest BCUT2D eigenvalue weighted by molar-refractivity contribution is -0.384. The van der Waals surface area contributed by atoms with Crippen molar-refractivity contribution in [1.29, 1.82) is 0 Å². The van der Waals surface area contributed by atoms with Crippen molar-refractivity contribution in [1.82, 2.24) is 4.98 Å². The van der Waals surface area contributed by atoms with Gasteiger partial charge in [-0.2, -0.15) is 12.6 Å². The van der Waals surface area contributed by atoms with Gasteiger partial charge in [0.1, 0.15) is 11.9 Å². The van der Waals surface area contributed by atoms with Crippen molar-refractivity contribution >= 4 is 30.1 Å². The predicted octanol–water partition coefficient (Wildman–Crippen LogP) is 1.91. The number of nitrogens with two attached hydrogens (primary N) is 1. The van der Waals surface area contributed by atoms with Crippen LogP contribution >= 0.6 is 12.6 Å². The van der Waals surface area contributed by atoms with Gasteiger partial charge in [-0.1, -0.05) is 12.2 Å². The molecule has 5 nitrogen and oxygen atoms in total. The van der Waals surface area contributed by atoms with E-state index in [0.29, 0.717) is 5.56 Å². The number of hydrogen-bond donors (Lipinski definition) is 2. The van der Waals surface area contributed by atoms with Gasteiger partial charge >= 0.3 is 5.69 Å². The van der Waals surface area contributed by atoms with Crippen molar-refractivity contribution in [2.75, 3.05) is 11.5 Å². The van der Waals surface area contributed by atoms with E-state index in [1.807, 2.05) is 6.08 Å². The van der Waals surface area contributed by atoms with E-state index in [0.717, 1.165) is 18.4 Å². The highest BCUT2D eigenvalue weighted by molar-refractivity contribution is 7.80. The van der Waals surface area contributed by atoms with Crippen LogP contribution in [0.1, 0.15) is 12.0 Å². The number of nitrogens with zero attached hydrogens (tertiary/aromatic N) is 2. The molecular formula is C9H11N3O2S. The van der Waals surface area contributed by atoms with E-state index in [4.69, 9.17) is 5.73 Å². The average Bonchev–Trinajstić information content (AvgIpc) is 2.20. The van der Waals surface area contributed by atoms with Crippen LogP contribution in [0.15, 0.2) is 18.5 Å². The zero-order chi connectivity index (χ0) is 11.3. The first kappa shape index (κ1) is 11.5. The summed E-state index contributed by atoms with van der Waals surface area (Å²) in [4.78, 5) is 13.8. The van der Waals surface area contributed by atoms with Gasteiger partial charge in [0, 0.05) is 11.8 Å². The maximum Gasteiger partial charge on any atom is 0.310 e. The van der Waals surface area contributed by atoms with Crippen LogP contribution in [0, 0.1) is 10.1 Å². The van der Waals surface area contributed by atoms with Gasteiger partial charge in [0.25, 0.3) is 0 Å². The third-order valence-electron chi connectivity index (χ3n) is 1.79. The smallest absolute Gasteiger partial charge is 0.310 e. The standard InChI is InChI=1S/C9H11N3O2S/c10-9-7(3-1-2-4-15)5-11-6-8(9)12(13)14/h1,3,5-6,15H,2,4H2,(H2,10,11). The van der Waals surface area contributed by atoms with Crippen LogP contribution in [-0.2, 0) is 0 Å². The molecule has 0 saturated heterocycles. The highest BCUT2D eigenvalue weighted by Gasteiger charge is 2.13. The first-order valence-electron chi connectivity index (χ1n) is 4.32. The van der Waals surface area contributed by atoms with Crippen LogP contribution in [0.2, 0.25) is 0 Å². The minimum atomic E-state index is -0.543. The summed E-state index contributed by atoms with van der Waals surface area (Å²) in [5.41, 5.74) is 6.16. The zero-order valence-corrected chi connectivity index (χ0v) is 8.85. The fourth-order valence-corrected chi connectivity index (χ4v) is 1.19. The Bertz CT molecular complexity index is 393. The molecule has 80 valence electrons. The van der Waals surface area contributed by atoms with E-state index < -0.39 is 4.92 Å². The topological polar surface area (TPSA) is 82.0 Å². The lowest BCUT2D eigenvalue weighted by Crippen LogP contribution is -1.98. The Morgan fingerprint density at radius 3 is 2.93 bits per heavy atom. The number of thiol groups is 1. The van der Waals surface area contributed by atoms with Gasteiger partial charge in [-0.25, -0.2) is 0 Å². The van der Waals surface area contributed by atoms with E-state index in [1.54, 1.807) is 6.08 Å². The van der Waals surface area contributed by atoms with E-state index in [-0.39, 0.29) is 11.4 Å². The molecule has 0 aliphatic rings. The van der Waals surface area contributed by atoms with E-state index in [9.17, 15) is 10.1 Å². The Balaban J connectivity index is 2.99. The number of nitro groups is 1. The lowest BCUT2D eigenvalue weighted by atomic mass is 10.2. The molecule has 1 aromatic rings. The summed E-state index contributed by atoms with van der Waals surface area (Å²) in [6, 6.07) is 0. The minimum absolute atomic E-state index is 0.144. The van der Waals surface area contributed by atoms with Gasteiger partial charge in [0.2, 0.25) is 0 Å². The molecule has 0 aliphatic heterocycles. The summed E-state index contributed by atoms with van der Waals surface area (Å²) < 4.78 is 0. The second-order valence-corrected chi connectivity index (χ2v) is 3.28. The van der Waals surface area contributed by atoms with E-state index in [1.165, 1.54) is 6.20 Å². The Morgan fingerprint density at radius 1 is 1.60 bits per heavy atom. The number of hydrogen-bond acceptors (Lipinski definition) is 5. The van der Waals surface area contributed by atoms with Crippen molar-refractivity contribution in [3.05, 3.63) is 34.1 Å². The molecule has 2 N–H and O–H groups in total. The molecule has 1 aromatic heterocycles.